The number of nitrogen functional groups attached to an aromatic ring is 2. The third-order valence-electron chi connectivity index (χ3n) is 1.77. The lowest BCUT2D eigenvalue weighted by Crippen LogP contribution is -1.86. The fraction of sp³-hybridized carbons (Fsp3) is 0.0909. The van der Waals surface area contributed by atoms with Gasteiger partial charge in [0.2, 0.25) is 0 Å². The van der Waals surface area contributed by atoms with Crippen LogP contribution in [0.3, 0.4) is 0 Å². The van der Waals surface area contributed by atoms with Crippen LogP contribution in [0.1, 0.15) is 5.56 Å². The van der Waals surface area contributed by atoms with Crippen molar-refractivity contribution in [2.45, 2.75) is 6.92 Å². The van der Waals surface area contributed by atoms with Gasteiger partial charge in [0.05, 0.1) is 0 Å². The van der Waals surface area contributed by atoms with Crippen LogP contribution in [0.5, 0.6) is 0 Å². The van der Waals surface area contributed by atoms with Gasteiger partial charge in [-0.25, -0.2) is 0 Å². The Morgan fingerprint density at radius 1 is 0.846 bits per heavy atom. The fourth-order valence-electron chi connectivity index (χ4n) is 0.900. The molecule has 68 valence electrons. The summed E-state index contributed by atoms with van der Waals surface area (Å²) >= 11 is 0. The molecule has 0 aliphatic rings. The molecule has 0 aliphatic carbocycles. The van der Waals surface area contributed by atoms with Crippen LogP contribution in [0, 0.1) is 6.92 Å². The minimum Gasteiger partial charge on any atom is -0.399 e. The maximum Gasteiger partial charge on any atom is 0.0344 e. The summed E-state index contributed by atoms with van der Waals surface area (Å²) in [5.41, 5.74) is 13.9. The van der Waals surface area contributed by atoms with Crippen molar-refractivity contribution >= 4 is 11.4 Å². The Bertz CT molecular complexity index is 344. The van der Waals surface area contributed by atoms with Crippen molar-refractivity contribution in [1.29, 1.82) is 0 Å². The zero-order chi connectivity index (χ0) is 9.68. The Hall–Kier alpha value is -1.70. The van der Waals surface area contributed by atoms with Crippen molar-refractivity contribution in [3.8, 4) is 0 Å². The molecule has 0 radical (unpaired) electrons. The molecule has 2 nitrogen and oxygen atoms in total. The highest BCUT2D eigenvalue weighted by atomic mass is 14.6. The third kappa shape index (κ3) is 3.03. The van der Waals surface area contributed by atoms with Crippen molar-refractivity contribution in [3.63, 3.8) is 0 Å². The van der Waals surface area contributed by atoms with Crippen molar-refractivity contribution in [2.24, 2.45) is 0 Å². The number of nitrogens with two attached hydrogens (primary N) is 2. The van der Waals surface area contributed by atoms with E-state index in [2.05, 4.69) is 0 Å². The van der Waals surface area contributed by atoms with E-state index in [4.69, 9.17) is 11.5 Å². The molecular weight excluding hydrogens is 160 g/mol. The molecule has 0 aromatic heterocycles. The molecule has 0 aliphatic heterocycles. The highest BCUT2D eigenvalue weighted by Gasteiger charge is 1.84. The summed E-state index contributed by atoms with van der Waals surface area (Å²) < 4.78 is 0. The van der Waals surface area contributed by atoms with E-state index in [1.807, 2.05) is 43.3 Å². The van der Waals surface area contributed by atoms with E-state index >= 15 is 0 Å². The molecule has 0 saturated heterocycles. The van der Waals surface area contributed by atoms with Crippen molar-refractivity contribution < 1.29 is 0 Å². The summed E-state index contributed by atoms with van der Waals surface area (Å²) in [4.78, 5) is 0. The Labute approximate surface area is 78.5 Å². The van der Waals surface area contributed by atoms with Crippen molar-refractivity contribution in [2.75, 3.05) is 11.5 Å². The standard InChI is InChI=1S/C11H14N2/c1-9-5-3-2-4-6-10(12)7-8-11(9)13/h2-8H,12-13H2,1H3. The quantitative estimate of drug-likeness (QED) is 0.634. The van der Waals surface area contributed by atoms with E-state index < -0.39 is 0 Å². The molecule has 1 aromatic rings. The summed E-state index contributed by atoms with van der Waals surface area (Å²) in [6.07, 6.45) is 0. The van der Waals surface area contributed by atoms with E-state index in [-0.39, 0.29) is 0 Å². The van der Waals surface area contributed by atoms with Crippen molar-refractivity contribution in [1.82, 2.24) is 0 Å². The van der Waals surface area contributed by atoms with Crippen LogP contribution in [0.4, 0.5) is 11.4 Å². The molecule has 2 heteroatoms. The molecule has 0 bridgehead atoms. The molecule has 0 fully saturated rings. The second kappa shape index (κ2) is 4.36. The van der Waals surface area contributed by atoms with Crippen LogP contribution in [0.2, 0.25) is 0 Å². The molecular formula is C11H14N2. The number of hydrogen-bond donors (Lipinski definition) is 2. The molecule has 0 atom stereocenters. The molecule has 0 heterocycles. The second-order valence-electron chi connectivity index (χ2n) is 2.88. The van der Waals surface area contributed by atoms with Gasteiger partial charge >= 0.3 is 0 Å². The van der Waals surface area contributed by atoms with Gasteiger partial charge in [0.15, 0.2) is 0 Å². The smallest absolute Gasteiger partial charge is 0.0344 e. The normalized spacial score (nSPS) is 9.00. The number of aryl methyl sites for hydroxylation is 1. The summed E-state index contributed by atoms with van der Waals surface area (Å²) in [5.74, 6) is 0. The Balaban J connectivity index is 3.34. The molecule has 0 saturated carbocycles. The van der Waals surface area contributed by atoms with Crippen LogP contribution in [-0.2, 0) is 0 Å². The van der Waals surface area contributed by atoms with Crippen LogP contribution in [-0.4, -0.2) is 0 Å². The highest BCUT2D eigenvalue weighted by molar-refractivity contribution is 5.46. The molecule has 1 aromatic carbocycles. The number of anilines is 2. The van der Waals surface area contributed by atoms with Crippen LogP contribution >= 0.6 is 0 Å². The minimum atomic E-state index is 0.697. The Morgan fingerprint density at radius 2 is 1.54 bits per heavy atom. The summed E-state index contributed by atoms with van der Waals surface area (Å²) in [7, 11) is 0. The summed E-state index contributed by atoms with van der Waals surface area (Å²) in [6.45, 7) is 1.96. The average Bonchev–Trinajstić information content (AvgIpc) is 2.12. The highest BCUT2D eigenvalue weighted by Crippen LogP contribution is 2.06. The van der Waals surface area contributed by atoms with E-state index in [0.29, 0.717) is 5.69 Å². The van der Waals surface area contributed by atoms with Gasteiger partial charge in [0.1, 0.15) is 0 Å². The van der Waals surface area contributed by atoms with Crippen LogP contribution < -0.4 is 11.5 Å². The van der Waals surface area contributed by atoms with Crippen LogP contribution in [0.15, 0.2) is 42.5 Å². The molecule has 0 amide bonds. The lowest BCUT2D eigenvalue weighted by atomic mass is 10.2. The number of hydrogen-bond acceptors (Lipinski definition) is 2. The van der Waals surface area contributed by atoms with Gasteiger partial charge < -0.3 is 11.5 Å². The van der Waals surface area contributed by atoms with E-state index in [9.17, 15) is 0 Å². The molecule has 13 heavy (non-hydrogen) atoms. The average molecular weight is 174 g/mol. The zero-order valence-electron chi connectivity index (χ0n) is 7.70. The van der Waals surface area contributed by atoms with Gasteiger partial charge in [-0.2, -0.15) is 0 Å². The first-order chi connectivity index (χ1) is 6.20. The third-order valence-corrected chi connectivity index (χ3v) is 1.77. The SMILES string of the molecule is Cc1cccccc(N)ccc1N. The lowest BCUT2D eigenvalue weighted by Gasteiger charge is -1.93. The van der Waals surface area contributed by atoms with Crippen molar-refractivity contribution in [3.05, 3.63) is 48.0 Å². The summed E-state index contributed by atoms with van der Waals surface area (Å²) in [5, 5.41) is 0. The molecule has 1 rings (SSSR count). The van der Waals surface area contributed by atoms with Gasteiger partial charge in [0, 0.05) is 11.4 Å². The fourth-order valence-corrected chi connectivity index (χ4v) is 0.900. The number of rotatable bonds is 0. The van der Waals surface area contributed by atoms with Gasteiger partial charge in [-0.1, -0.05) is 24.3 Å². The zero-order valence-corrected chi connectivity index (χ0v) is 7.70. The van der Waals surface area contributed by atoms with E-state index in [1.165, 1.54) is 0 Å². The Morgan fingerprint density at radius 3 is 2.31 bits per heavy atom. The van der Waals surface area contributed by atoms with Gasteiger partial charge in [-0.3, -0.25) is 0 Å². The molecule has 4 N–H and O–H groups in total. The van der Waals surface area contributed by atoms with Crippen LogP contribution in [0.25, 0.3) is 0 Å². The predicted molar refractivity (Wildman–Crippen MR) is 57.6 cm³/mol. The van der Waals surface area contributed by atoms with Gasteiger partial charge in [-0.05, 0) is 30.7 Å². The Kier molecular flexibility index (Phi) is 3.15. The van der Waals surface area contributed by atoms with Gasteiger partial charge in [-0.15, -0.1) is 0 Å². The maximum absolute atomic E-state index is 5.77. The second-order valence-corrected chi connectivity index (χ2v) is 2.88. The largest absolute Gasteiger partial charge is 0.399 e. The predicted octanol–water partition coefficient (Wildman–Crippen LogP) is 2.28. The molecule has 0 spiro atoms. The monoisotopic (exact) mass is 174 g/mol. The topological polar surface area (TPSA) is 52.0 Å². The van der Waals surface area contributed by atoms with Gasteiger partial charge in [0.25, 0.3) is 0 Å². The van der Waals surface area contributed by atoms with E-state index in [1.54, 1.807) is 6.07 Å². The maximum atomic E-state index is 5.77. The first-order valence-corrected chi connectivity index (χ1v) is 4.15. The summed E-state index contributed by atoms with van der Waals surface area (Å²) in [6, 6.07) is 13.1. The lowest BCUT2D eigenvalue weighted by molar-refractivity contribution is 1.49. The minimum absolute atomic E-state index is 0.697. The first-order valence-electron chi connectivity index (χ1n) is 4.15. The van der Waals surface area contributed by atoms with E-state index in [0.717, 1.165) is 11.3 Å². The molecule has 0 unspecified atom stereocenters. The first kappa shape index (κ1) is 9.39.